The molecule has 2 aromatic rings. The van der Waals surface area contributed by atoms with E-state index in [2.05, 4.69) is 38.2 Å². The first kappa shape index (κ1) is 15.7. The van der Waals surface area contributed by atoms with Gasteiger partial charge in [0.25, 0.3) is 0 Å². The van der Waals surface area contributed by atoms with Gasteiger partial charge < -0.3 is 5.32 Å². The molecule has 21 heavy (non-hydrogen) atoms. The molecule has 0 spiro atoms. The first-order valence-electron chi connectivity index (χ1n) is 7.71. The van der Waals surface area contributed by atoms with Crippen LogP contribution >= 0.6 is 0 Å². The maximum absolute atomic E-state index is 14.4. The van der Waals surface area contributed by atoms with Crippen molar-refractivity contribution >= 4 is 0 Å². The Morgan fingerprint density at radius 2 is 1.86 bits per heavy atom. The molecule has 0 radical (unpaired) electrons. The molecule has 0 amide bonds. The molecule has 0 aliphatic carbocycles. The Hall–Kier alpha value is -1.67. The Bertz CT molecular complexity index is 590. The summed E-state index contributed by atoms with van der Waals surface area (Å²) < 4.78 is 14.4. The number of hydrogen-bond acceptors (Lipinski definition) is 1. The molecule has 0 atom stereocenters. The van der Waals surface area contributed by atoms with Gasteiger partial charge in [0.15, 0.2) is 0 Å². The molecule has 0 unspecified atom stereocenters. The highest BCUT2D eigenvalue weighted by molar-refractivity contribution is 5.65. The van der Waals surface area contributed by atoms with E-state index in [1.807, 2.05) is 24.3 Å². The predicted molar refractivity (Wildman–Crippen MR) is 87.8 cm³/mol. The molecule has 0 saturated carbocycles. The molecule has 2 rings (SSSR count). The third-order valence-electron chi connectivity index (χ3n) is 3.52. The lowest BCUT2D eigenvalue weighted by atomic mass is 9.99. The number of nitrogens with one attached hydrogen (secondary N) is 1. The molecule has 0 bridgehead atoms. The van der Waals surface area contributed by atoms with Crippen LogP contribution in [0.5, 0.6) is 0 Å². The molecule has 2 heteroatoms. The van der Waals surface area contributed by atoms with E-state index in [0.29, 0.717) is 18.2 Å². The van der Waals surface area contributed by atoms with Crippen LogP contribution in [0.1, 0.15) is 38.3 Å². The molecule has 0 fully saturated rings. The van der Waals surface area contributed by atoms with Gasteiger partial charge in [0.05, 0.1) is 0 Å². The number of hydrogen-bond donors (Lipinski definition) is 1. The van der Waals surface area contributed by atoms with Gasteiger partial charge in [-0.25, -0.2) is 4.39 Å². The second kappa shape index (κ2) is 7.37. The van der Waals surface area contributed by atoms with Crippen molar-refractivity contribution in [1.82, 2.24) is 5.32 Å². The van der Waals surface area contributed by atoms with E-state index in [4.69, 9.17) is 0 Å². The van der Waals surface area contributed by atoms with Crippen LogP contribution in [0.3, 0.4) is 0 Å². The summed E-state index contributed by atoms with van der Waals surface area (Å²) in [7, 11) is 0. The highest BCUT2D eigenvalue weighted by Gasteiger charge is 2.07. The van der Waals surface area contributed by atoms with Crippen LogP contribution in [0.25, 0.3) is 11.1 Å². The number of aryl methyl sites for hydroxylation is 1. The lowest BCUT2D eigenvalue weighted by Gasteiger charge is -2.10. The Morgan fingerprint density at radius 3 is 2.52 bits per heavy atom. The topological polar surface area (TPSA) is 12.0 Å². The van der Waals surface area contributed by atoms with E-state index in [1.54, 1.807) is 6.07 Å². The summed E-state index contributed by atoms with van der Waals surface area (Å²) in [5.41, 5.74) is 3.89. The van der Waals surface area contributed by atoms with Gasteiger partial charge in [-0.05, 0) is 29.2 Å². The maximum atomic E-state index is 14.4. The summed E-state index contributed by atoms with van der Waals surface area (Å²) in [5, 5.41) is 3.31. The zero-order valence-electron chi connectivity index (χ0n) is 13.1. The van der Waals surface area contributed by atoms with Gasteiger partial charge in [0.1, 0.15) is 5.82 Å². The van der Waals surface area contributed by atoms with Crippen LogP contribution < -0.4 is 5.32 Å². The summed E-state index contributed by atoms with van der Waals surface area (Å²) in [5.74, 6) is -0.147. The molecular weight excluding hydrogens is 261 g/mol. The first-order chi connectivity index (χ1) is 10.1. The second-order valence-electron chi connectivity index (χ2n) is 5.80. The third kappa shape index (κ3) is 4.40. The third-order valence-corrected chi connectivity index (χ3v) is 3.52. The monoisotopic (exact) mass is 285 g/mol. The van der Waals surface area contributed by atoms with Crippen molar-refractivity contribution in [2.24, 2.45) is 0 Å². The Kier molecular flexibility index (Phi) is 5.51. The van der Waals surface area contributed by atoms with E-state index < -0.39 is 0 Å². The normalized spacial score (nSPS) is 11.1. The summed E-state index contributed by atoms with van der Waals surface area (Å²) in [6, 6.07) is 14.1. The fourth-order valence-corrected chi connectivity index (χ4v) is 2.41. The summed E-state index contributed by atoms with van der Waals surface area (Å²) in [6.07, 6.45) is 2.14. The van der Waals surface area contributed by atoms with Crippen LogP contribution in [0.4, 0.5) is 4.39 Å². The summed E-state index contributed by atoms with van der Waals surface area (Å²) in [4.78, 5) is 0. The van der Waals surface area contributed by atoms with Crippen molar-refractivity contribution in [2.75, 3.05) is 0 Å². The van der Waals surface area contributed by atoms with Gasteiger partial charge >= 0.3 is 0 Å². The van der Waals surface area contributed by atoms with Crippen molar-refractivity contribution in [2.45, 2.75) is 46.2 Å². The largest absolute Gasteiger partial charge is 0.310 e. The van der Waals surface area contributed by atoms with Gasteiger partial charge in [0, 0.05) is 18.2 Å². The highest BCUT2D eigenvalue weighted by atomic mass is 19.1. The molecule has 0 saturated heterocycles. The molecule has 0 aliphatic rings. The van der Waals surface area contributed by atoms with Crippen LogP contribution in [0.15, 0.2) is 42.5 Å². The van der Waals surface area contributed by atoms with Gasteiger partial charge in [-0.15, -0.1) is 0 Å². The van der Waals surface area contributed by atoms with Gasteiger partial charge in [-0.2, -0.15) is 0 Å². The van der Waals surface area contributed by atoms with Gasteiger partial charge in [-0.3, -0.25) is 0 Å². The van der Waals surface area contributed by atoms with Crippen LogP contribution in [-0.4, -0.2) is 6.04 Å². The van der Waals surface area contributed by atoms with E-state index in [9.17, 15) is 4.39 Å². The Balaban J connectivity index is 2.22. The van der Waals surface area contributed by atoms with Crippen LogP contribution in [0.2, 0.25) is 0 Å². The zero-order valence-corrected chi connectivity index (χ0v) is 13.1. The van der Waals surface area contributed by atoms with E-state index in [1.165, 1.54) is 5.56 Å². The molecule has 1 nitrogen and oxygen atoms in total. The zero-order chi connectivity index (χ0) is 15.2. The lowest BCUT2D eigenvalue weighted by molar-refractivity contribution is 0.582. The number of halogens is 1. The number of rotatable bonds is 6. The Morgan fingerprint density at radius 1 is 1.05 bits per heavy atom. The molecular formula is C19H24FN. The second-order valence-corrected chi connectivity index (χ2v) is 5.80. The van der Waals surface area contributed by atoms with E-state index in [-0.39, 0.29) is 5.82 Å². The van der Waals surface area contributed by atoms with Crippen molar-refractivity contribution in [1.29, 1.82) is 0 Å². The van der Waals surface area contributed by atoms with Crippen LogP contribution in [0, 0.1) is 5.82 Å². The summed E-state index contributed by atoms with van der Waals surface area (Å²) in [6.45, 7) is 7.03. The lowest BCUT2D eigenvalue weighted by Crippen LogP contribution is -2.21. The molecule has 0 aliphatic heterocycles. The molecule has 0 aromatic heterocycles. The van der Waals surface area contributed by atoms with Crippen molar-refractivity contribution in [3.05, 3.63) is 59.4 Å². The van der Waals surface area contributed by atoms with Gasteiger partial charge in [0.2, 0.25) is 0 Å². The molecule has 0 heterocycles. The summed E-state index contributed by atoms with van der Waals surface area (Å²) >= 11 is 0. The fourth-order valence-electron chi connectivity index (χ4n) is 2.41. The smallest absolute Gasteiger partial charge is 0.131 e. The maximum Gasteiger partial charge on any atom is 0.131 e. The van der Waals surface area contributed by atoms with E-state index >= 15 is 0 Å². The fraction of sp³-hybridized carbons (Fsp3) is 0.368. The van der Waals surface area contributed by atoms with Crippen LogP contribution in [-0.2, 0) is 13.0 Å². The average Bonchev–Trinajstić information content (AvgIpc) is 2.46. The van der Waals surface area contributed by atoms with E-state index in [0.717, 1.165) is 24.0 Å². The van der Waals surface area contributed by atoms with Gasteiger partial charge in [-0.1, -0.05) is 63.6 Å². The SMILES string of the molecule is CCCc1cccc(-c2ccc(CNC(C)C)cc2F)c1. The van der Waals surface area contributed by atoms with Crippen molar-refractivity contribution in [3.8, 4) is 11.1 Å². The average molecular weight is 285 g/mol. The minimum Gasteiger partial charge on any atom is -0.310 e. The van der Waals surface area contributed by atoms with Crippen molar-refractivity contribution < 1.29 is 4.39 Å². The molecule has 2 aromatic carbocycles. The highest BCUT2D eigenvalue weighted by Crippen LogP contribution is 2.25. The first-order valence-corrected chi connectivity index (χ1v) is 7.71. The number of benzene rings is 2. The molecule has 1 N–H and O–H groups in total. The Labute approximate surface area is 127 Å². The van der Waals surface area contributed by atoms with Crippen molar-refractivity contribution in [3.63, 3.8) is 0 Å². The molecule has 112 valence electrons. The standard InChI is InChI=1S/C19H24FN/c1-4-6-15-7-5-8-17(11-15)18-10-9-16(12-19(18)20)13-21-14(2)3/h5,7-12,14,21H,4,6,13H2,1-3H3. The quantitative estimate of drug-likeness (QED) is 0.792. The minimum atomic E-state index is -0.147. The predicted octanol–water partition coefficient (Wildman–Crippen LogP) is 4.94. The minimum absolute atomic E-state index is 0.147.